The lowest BCUT2D eigenvalue weighted by Gasteiger charge is -2.03. The first-order valence-electron chi connectivity index (χ1n) is 5.38. The molecular formula is C12H6N6. The summed E-state index contributed by atoms with van der Waals surface area (Å²) in [6.45, 7) is 0. The Morgan fingerprint density at radius 3 is 1.61 bits per heavy atom. The Morgan fingerprint density at radius 2 is 1.06 bits per heavy atom. The van der Waals surface area contributed by atoms with Crippen LogP contribution in [0.3, 0.4) is 0 Å². The maximum Gasteiger partial charge on any atom is 0.178 e. The van der Waals surface area contributed by atoms with Crippen LogP contribution in [0.1, 0.15) is 0 Å². The van der Waals surface area contributed by atoms with Gasteiger partial charge in [-0.15, -0.1) is 0 Å². The molecule has 4 heterocycles. The summed E-state index contributed by atoms with van der Waals surface area (Å²) in [5.41, 5.74) is 2.65. The van der Waals surface area contributed by atoms with Gasteiger partial charge < -0.3 is 0 Å². The average molecular weight is 234 g/mol. The summed E-state index contributed by atoms with van der Waals surface area (Å²) in [6.07, 6.45) is 9.99. The minimum Gasteiger partial charge on any atom is -0.251 e. The summed E-state index contributed by atoms with van der Waals surface area (Å²) >= 11 is 0. The molecule has 0 saturated carbocycles. The Kier molecular flexibility index (Phi) is 1.74. The molecule has 4 aromatic rings. The fourth-order valence-electron chi connectivity index (χ4n) is 2.01. The van der Waals surface area contributed by atoms with Crippen molar-refractivity contribution in [2.24, 2.45) is 0 Å². The van der Waals surface area contributed by atoms with Crippen LogP contribution in [0, 0.1) is 0 Å². The molecule has 0 amide bonds. The van der Waals surface area contributed by atoms with Crippen LogP contribution in [-0.4, -0.2) is 29.9 Å². The van der Waals surface area contributed by atoms with Crippen molar-refractivity contribution >= 4 is 33.1 Å². The second kappa shape index (κ2) is 3.36. The number of hydrogen-bond acceptors (Lipinski definition) is 6. The predicted octanol–water partition coefficient (Wildman–Crippen LogP) is 1.52. The van der Waals surface area contributed by atoms with E-state index in [0.717, 1.165) is 21.8 Å². The molecule has 0 saturated heterocycles. The molecule has 4 rings (SSSR count). The monoisotopic (exact) mass is 234 g/mol. The molecule has 0 N–H and O–H groups in total. The molecule has 0 aliphatic heterocycles. The third-order valence-corrected chi connectivity index (χ3v) is 2.77. The normalized spacial score (nSPS) is 11.3. The van der Waals surface area contributed by atoms with Crippen LogP contribution < -0.4 is 0 Å². The molecule has 0 unspecified atom stereocenters. The van der Waals surface area contributed by atoms with Gasteiger partial charge in [0.15, 0.2) is 11.3 Å². The van der Waals surface area contributed by atoms with Gasteiger partial charge in [0, 0.05) is 48.0 Å². The number of aromatic nitrogens is 6. The molecule has 0 aliphatic rings. The zero-order valence-electron chi connectivity index (χ0n) is 9.15. The van der Waals surface area contributed by atoms with E-state index >= 15 is 0 Å². The fraction of sp³-hybridized carbons (Fsp3) is 0. The van der Waals surface area contributed by atoms with Crippen molar-refractivity contribution in [3.8, 4) is 0 Å². The SMILES string of the molecule is c1cnc2c(n1)ncc1cnc3nccnc3c12. The summed E-state index contributed by atoms with van der Waals surface area (Å²) in [6, 6.07) is 0. The van der Waals surface area contributed by atoms with Crippen molar-refractivity contribution in [1.82, 2.24) is 29.9 Å². The molecule has 0 aliphatic carbocycles. The first kappa shape index (κ1) is 9.29. The molecule has 0 fully saturated rings. The van der Waals surface area contributed by atoms with E-state index < -0.39 is 0 Å². The van der Waals surface area contributed by atoms with Crippen molar-refractivity contribution < 1.29 is 0 Å². The van der Waals surface area contributed by atoms with Gasteiger partial charge in [0.2, 0.25) is 0 Å². The van der Waals surface area contributed by atoms with Crippen LogP contribution in [0.15, 0.2) is 37.2 Å². The van der Waals surface area contributed by atoms with Gasteiger partial charge in [0.05, 0.1) is 0 Å². The van der Waals surface area contributed by atoms with Gasteiger partial charge in [-0.1, -0.05) is 0 Å². The van der Waals surface area contributed by atoms with E-state index in [9.17, 15) is 0 Å². The van der Waals surface area contributed by atoms with E-state index in [1.54, 1.807) is 37.2 Å². The number of pyridine rings is 2. The smallest absolute Gasteiger partial charge is 0.178 e. The first-order chi connectivity index (χ1) is 8.93. The van der Waals surface area contributed by atoms with Crippen LogP contribution >= 0.6 is 0 Å². The van der Waals surface area contributed by atoms with Crippen molar-refractivity contribution in [3.63, 3.8) is 0 Å². The molecule has 0 radical (unpaired) electrons. The topological polar surface area (TPSA) is 77.3 Å². The Bertz CT molecular complexity index is 818. The van der Waals surface area contributed by atoms with Crippen LogP contribution in [0.25, 0.3) is 33.1 Å². The van der Waals surface area contributed by atoms with Crippen LogP contribution in [0.2, 0.25) is 0 Å². The molecular weight excluding hydrogens is 228 g/mol. The fourth-order valence-corrected chi connectivity index (χ4v) is 2.01. The van der Waals surface area contributed by atoms with E-state index in [2.05, 4.69) is 29.9 Å². The molecule has 6 nitrogen and oxygen atoms in total. The molecule has 4 aromatic heterocycles. The van der Waals surface area contributed by atoms with Gasteiger partial charge in [-0.3, -0.25) is 9.97 Å². The summed E-state index contributed by atoms with van der Waals surface area (Å²) in [7, 11) is 0. The van der Waals surface area contributed by atoms with Gasteiger partial charge >= 0.3 is 0 Å². The largest absolute Gasteiger partial charge is 0.251 e. The number of rotatable bonds is 0. The van der Waals surface area contributed by atoms with Crippen LogP contribution in [-0.2, 0) is 0 Å². The average Bonchev–Trinajstić information content (AvgIpc) is 2.46. The zero-order valence-corrected chi connectivity index (χ0v) is 9.15. The summed E-state index contributed by atoms with van der Waals surface area (Å²) in [4.78, 5) is 25.6. The molecule has 0 atom stereocenters. The maximum absolute atomic E-state index is 4.34. The molecule has 84 valence electrons. The van der Waals surface area contributed by atoms with Crippen molar-refractivity contribution in [3.05, 3.63) is 37.2 Å². The highest BCUT2D eigenvalue weighted by Crippen LogP contribution is 2.24. The Labute approximate surface area is 101 Å². The van der Waals surface area contributed by atoms with Crippen LogP contribution in [0.4, 0.5) is 0 Å². The molecule has 18 heavy (non-hydrogen) atoms. The van der Waals surface area contributed by atoms with Gasteiger partial charge in [-0.05, 0) is 0 Å². The lowest BCUT2D eigenvalue weighted by Crippen LogP contribution is -1.93. The minimum atomic E-state index is 0.600. The second-order valence-electron chi connectivity index (χ2n) is 3.80. The Hall–Kier alpha value is -2.76. The van der Waals surface area contributed by atoms with Gasteiger partial charge in [0.1, 0.15) is 11.0 Å². The maximum atomic E-state index is 4.34. The predicted molar refractivity (Wildman–Crippen MR) is 65.7 cm³/mol. The van der Waals surface area contributed by atoms with Gasteiger partial charge in [-0.2, -0.15) is 0 Å². The quantitative estimate of drug-likeness (QED) is 0.429. The van der Waals surface area contributed by atoms with Gasteiger partial charge in [-0.25, -0.2) is 19.9 Å². The summed E-state index contributed by atoms with van der Waals surface area (Å²) < 4.78 is 0. The molecule has 0 spiro atoms. The lowest BCUT2D eigenvalue weighted by molar-refractivity contribution is 1.22. The van der Waals surface area contributed by atoms with Crippen LogP contribution in [0.5, 0.6) is 0 Å². The lowest BCUT2D eigenvalue weighted by atomic mass is 10.2. The highest BCUT2D eigenvalue weighted by molar-refractivity contribution is 6.13. The summed E-state index contributed by atoms with van der Waals surface area (Å²) in [5, 5.41) is 1.78. The Morgan fingerprint density at radius 1 is 0.556 bits per heavy atom. The first-order valence-corrected chi connectivity index (χ1v) is 5.38. The Balaban J connectivity index is 2.38. The van der Waals surface area contributed by atoms with E-state index in [0.29, 0.717) is 11.3 Å². The number of hydrogen-bond donors (Lipinski definition) is 0. The van der Waals surface area contributed by atoms with E-state index in [4.69, 9.17) is 0 Å². The third kappa shape index (κ3) is 1.17. The molecule has 0 bridgehead atoms. The minimum absolute atomic E-state index is 0.600. The highest BCUT2D eigenvalue weighted by Gasteiger charge is 2.09. The number of fused-ring (bicyclic) bond motifs is 5. The van der Waals surface area contributed by atoms with Crippen molar-refractivity contribution in [1.29, 1.82) is 0 Å². The van der Waals surface area contributed by atoms with Gasteiger partial charge in [0.25, 0.3) is 0 Å². The van der Waals surface area contributed by atoms with E-state index in [-0.39, 0.29) is 0 Å². The summed E-state index contributed by atoms with van der Waals surface area (Å²) in [5.74, 6) is 0. The second-order valence-corrected chi connectivity index (χ2v) is 3.80. The standard InChI is InChI=1S/C12H6N6/c1-3-15-11-9(13-1)8-7(5-17-11)6-18-12-10(8)14-2-4-16-12/h1-6H. The van der Waals surface area contributed by atoms with E-state index in [1.807, 2.05) is 0 Å². The van der Waals surface area contributed by atoms with Crippen molar-refractivity contribution in [2.75, 3.05) is 0 Å². The molecule has 6 heteroatoms. The van der Waals surface area contributed by atoms with E-state index in [1.165, 1.54) is 0 Å². The zero-order chi connectivity index (χ0) is 11.9. The third-order valence-electron chi connectivity index (χ3n) is 2.77. The highest BCUT2D eigenvalue weighted by atomic mass is 14.9. The number of nitrogens with zero attached hydrogens (tertiary/aromatic N) is 6. The molecule has 0 aromatic carbocycles. The van der Waals surface area contributed by atoms with Crippen molar-refractivity contribution in [2.45, 2.75) is 0 Å².